The van der Waals surface area contributed by atoms with Gasteiger partial charge < -0.3 is 14.6 Å². The molecule has 1 saturated heterocycles. The molecule has 3 heterocycles. The lowest BCUT2D eigenvalue weighted by molar-refractivity contribution is -0.0279. The van der Waals surface area contributed by atoms with E-state index in [0.717, 1.165) is 55.0 Å². The van der Waals surface area contributed by atoms with Crippen molar-refractivity contribution in [1.82, 2.24) is 25.1 Å². The molecule has 2 atom stereocenters. The third-order valence-electron chi connectivity index (χ3n) is 4.92. The highest BCUT2D eigenvalue weighted by Crippen LogP contribution is 2.32. The van der Waals surface area contributed by atoms with Gasteiger partial charge in [-0.05, 0) is 31.0 Å². The van der Waals surface area contributed by atoms with E-state index < -0.39 is 0 Å². The molecule has 2 N–H and O–H groups in total. The van der Waals surface area contributed by atoms with Crippen LogP contribution in [0.1, 0.15) is 30.3 Å². The lowest BCUT2D eigenvalue weighted by atomic mass is 9.91. The Bertz CT molecular complexity index is 845. The Kier molecular flexibility index (Phi) is 4.74. The number of hydrogen-bond donors (Lipinski definition) is 2. The van der Waals surface area contributed by atoms with Gasteiger partial charge in [-0.25, -0.2) is 4.98 Å². The number of hydrogen-bond acceptors (Lipinski definition) is 4. The molecule has 1 aliphatic heterocycles. The molecular formula is C18H22ClN5O. The van der Waals surface area contributed by atoms with E-state index >= 15 is 0 Å². The topological polar surface area (TPSA) is 67.8 Å². The van der Waals surface area contributed by atoms with Gasteiger partial charge in [0.15, 0.2) is 0 Å². The fourth-order valence-corrected chi connectivity index (χ4v) is 3.75. The summed E-state index contributed by atoms with van der Waals surface area (Å²) in [4.78, 5) is 4.69. The van der Waals surface area contributed by atoms with Gasteiger partial charge in [0.1, 0.15) is 5.82 Å². The highest BCUT2D eigenvalue weighted by Gasteiger charge is 2.27. The fraction of sp³-hybridized carbons (Fsp3) is 0.444. The van der Waals surface area contributed by atoms with Crippen LogP contribution in [0.2, 0.25) is 5.02 Å². The number of aryl methyl sites for hydroxylation is 1. The number of ether oxygens (including phenoxy) is 1. The quantitative estimate of drug-likeness (QED) is 0.734. The molecule has 1 fully saturated rings. The van der Waals surface area contributed by atoms with Gasteiger partial charge in [-0.1, -0.05) is 11.6 Å². The molecule has 0 radical (unpaired) electrons. The number of H-pyrrole nitrogens is 1. The fourth-order valence-electron chi connectivity index (χ4n) is 3.59. The van der Waals surface area contributed by atoms with Crippen LogP contribution in [0.4, 0.5) is 0 Å². The molecule has 132 valence electrons. The van der Waals surface area contributed by atoms with Gasteiger partial charge in [0.25, 0.3) is 0 Å². The maximum atomic E-state index is 6.06. The second-order valence-corrected chi connectivity index (χ2v) is 7.01. The molecule has 6 nitrogen and oxygen atoms in total. The van der Waals surface area contributed by atoms with Gasteiger partial charge >= 0.3 is 0 Å². The van der Waals surface area contributed by atoms with E-state index in [2.05, 4.69) is 20.1 Å². The van der Waals surface area contributed by atoms with Crippen LogP contribution in [0.5, 0.6) is 0 Å². The third-order valence-corrected chi connectivity index (χ3v) is 5.15. The minimum absolute atomic E-state index is 0.110. The van der Waals surface area contributed by atoms with Gasteiger partial charge in [0.05, 0.1) is 29.9 Å². The molecule has 2 aromatic heterocycles. The lowest BCUT2D eigenvalue weighted by Crippen LogP contribution is -2.32. The number of aromatic nitrogens is 4. The molecule has 1 aliphatic rings. The number of nitrogens with zero attached hydrogens (tertiary/aromatic N) is 3. The van der Waals surface area contributed by atoms with Crippen LogP contribution < -0.4 is 5.32 Å². The van der Waals surface area contributed by atoms with Crippen LogP contribution in [0.3, 0.4) is 0 Å². The molecule has 0 unspecified atom stereocenters. The number of benzene rings is 1. The van der Waals surface area contributed by atoms with Crippen molar-refractivity contribution in [3.05, 3.63) is 47.0 Å². The minimum Gasteiger partial charge on any atom is -0.373 e. The predicted molar refractivity (Wildman–Crippen MR) is 97.4 cm³/mol. The van der Waals surface area contributed by atoms with E-state index in [1.165, 1.54) is 0 Å². The summed E-state index contributed by atoms with van der Waals surface area (Å²) < 4.78 is 8.10. The Hall–Kier alpha value is -1.89. The Balaban J connectivity index is 1.42. The standard InChI is InChI=1S/C18H22ClN5O/c1-24-16-5-4-14(19)7-15(16)23-17(24)11-20-8-12-3-2-6-25-18(12)13-9-21-22-10-13/h4-5,7,9-10,12,18,20H,2-3,6,8,11H2,1H3,(H,21,22)/t12-,18+/m0/s1. The van der Waals surface area contributed by atoms with Crippen LogP contribution in [0.15, 0.2) is 30.6 Å². The van der Waals surface area contributed by atoms with E-state index in [1.54, 1.807) is 0 Å². The maximum Gasteiger partial charge on any atom is 0.123 e. The van der Waals surface area contributed by atoms with Crippen LogP contribution >= 0.6 is 11.6 Å². The molecule has 0 amide bonds. The monoisotopic (exact) mass is 359 g/mol. The van der Waals surface area contributed by atoms with Crippen LogP contribution in [-0.2, 0) is 18.3 Å². The number of rotatable bonds is 5. The van der Waals surface area contributed by atoms with Crippen molar-refractivity contribution in [2.45, 2.75) is 25.5 Å². The summed E-state index contributed by atoms with van der Waals surface area (Å²) in [6, 6.07) is 5.82. The average molecular weight is 360 g/mol. The molecule has 4 rings (SSSR count). The summed E-state index contributed by atoms with van der Waals surface area (Å²) >= 11 is 6.06. The van der Waals surface area contributed by atoms with Crippen molar-refractivity contribution < 1.29 is 4.74 Å². The first-order valence-electron chi connectivity index (χ1n) is 8.64. The SMILES string of the molecule is Cn1c(CNC[C@@H]2CCCO[C@H]2c2cn[nH]c2)nc2cc(Cl)ccc21. The number of imidazole rings is 1. The summed E-state index contributed by atoms with van der Waals surface area (Å²) in [6.07, 6.45) is 6.15. The first-order valence-corrected chi connectivity index (χ1v) is 9.02. The second-order valence-electron chi connectivity index (χ2n) is 6.58. The van der Waals surface area contributed by atoms with Gasteiger partial charge in [-0.2, -0.15) is 5.10 Å². The summed E-state index contributed by atoms with van der Waals surface area (Å²) in [6.45, 7) is 2.43. The van der Waals surface area contributed by atoms with Crippen molar-refractivity contribution in [1.29, 1.82) is 0 Å². The van der Waals surface area contributed by atoms with Gasteiger partial charge in [0, 0.05) is 42.9 Å². The van der Waals surface area contributed by atoms with Crippen LogP contribution in [-0.4, -0.2) is 32.9 Å². The molecule has 1 aromatic carbocycles. The van der Waals surface area contributed by atoms with Crippen molar-refractivity contribution in [3.8, 4) is 0 Å². The largest absolute Gasteiger partial charge is 0.373 e. The zero-order chi connectivity index (χ0) is 17.2. The Labute approximate surface area is 151 Å². The van der Waals surface area contributed by atoms with Gasteiger partial charge in [-0.15, -0.1) is 0 Å². The van der Waals surface area contributed by atoms with Gasteiger partial charge in [-0.3, -0.25) is 5.10 Å². The van der Waals surface area contributed by atoms with Crippen LogP contribution in [0, 0.1) is 5.92 Å². The smallest absolute Gasteiger partial charge is 0.123 e. The lowest BCUT2D eigenvalue weighted by Gasteiger charge is -2.31. The highest BCUT2D eigenvalue weighted by atomic mass is 35.5. The molecule has 0 aliphatic carbocycles. The maximum absolute atomic E-state index is 6.06. The van der Waals surface area contributed by atoms with Crippen molar-refractivity contribution in [2.24, 2.45) is 13.0 Å². The van der Waals surface area contributed by atoms with Crippen LogP contribution in [0.25, 0.3) is 11.0 Å². The second kappa shape index (κ2) is 7.15. The first-order chi connectivity index (χ1) is 12.2. The zero-order valence-corrected chi connectivity index (χ0v) is 15.0. The molecule has 0 saturated carbocycles. The summed E-state index contributed by atoms with van der Waals surface area (Å²) in [5, 5.41) is 11.2. The molecule has 7 heteroatoms. The molecular weight excluding hydrogens is 338 g/mol. The van der Waals surface area contributed by atoms with Crippen molar-refractivity contribution in [2.75, 3.05) is 13.2 Å². The average Bonchev–Trinajstić information content (AvgIpc) is 3.24. The number of nitrogens with one attached hydrogen (secondary N) is 2. The number of aromatic amines is 1. The summed E-state index contributed by atoms with van der Waals surface area (Å²) in [5.74, 6) is 1.45. The molecule has 0 bridgehead atoms. The zero-order valence-electron chi connectivity index (χ0n) is 14.2. The molecule has 0 spiro atoms. The van der Waals surface area contributed by atoms with E-state index in [0.29, 0.717) is 10.9 Å². The highest BCUT2D eigenvalue weighted by molar-refractivity contribution is 6.31. The third kappa shape index (κ3) is 3.42. The Morgan fingerprint density at radius 1 is 1.44 bits per heavy atom. The molecule has 3 aromatic rings. The van der Waals surface area contributed by atoms with E-state index in [9.17, 15) is 0 Å². The van der Waals surface area contributed by atoms with E-state index in [4.69, 9.17) is 21.3 Å². The number of halogens is 1. The molecule has 25 heavy (non-hydrogen) atoms. The number of fused-ring (bicyclic) bond motifs is 1. The predicted octanol–water partition coefficient (Wildman–Crippen LogP) is 3.21. The van der Waals surface area contributed by atoms with E-state index in [1.807, 2.05) is 37.6 Å². The van der Waals surface area contributed by atoms with Gasteiger partial charge in [0.2, 0.25) is 0 Å². The Morgan fingerprint density at radius 3 is 3.20 bits per heavy atom. The minimum atomic E-state index is 0.110. The normalized spacial score (nSPS) is 21.0. The van der Waals surface area contributed by atoms with Crippen molar-refractivity contribution >= 4 is 22.6 Å². The van der Waals surface area contributed by atoms with Crippen molar-refractivity contribution in [3.63, 3.8) is 0 Å². The Morgan fingerprint density at radius 2 is 2.36 bits per heavy atom. The summed E-state index contributed by atoms with van der Waals surface area (Å²) in [7, 11) is 2.04. The summed E-state index contributed by atoms with van der Waals surface area (Å²) in [5.41, 5.74) is 3.16. The van der Waals surface area contributed by atoms with E-state index in [-0.39, 0.29) is 6.10 Å². The first kappa shape index (κ1) is 16.6.